The monoisotopic (exact) mass is 318 g/mol. The average Bonchev–Trinajstić information content (AvgIpc) is 2.83. The molecule has 1 aromatic carbocycles. The molecule has 0 amide bonds. The van der Waals surface area contributed by atoms with Gasteiger partial charge in [0.1, 0.15) is 5.75 Å². The number of carboxylic acids is 1. The molecule has 2 aromatic rings. The van der Waals surface area contributed by atoms with Gasteiger partial charge in [0, 0.05) is 6.42 Å². The summed E-state index contributed by atoms with van der Waals surface area (Å²) >= 11 is 0. The number of nitrogens with zero attached hydrogens (tertiary/aromatic N) is 4. The van der Waals surface area contributed by atoms with Gasteiger partial charge in [-0.15, -0.1) is 10.2 Å². The molecule has 1 heterocycles. The van der Waals surface area contributed by atoms with Gasteiger partial charge in [-0.3, -0.25) is 4.79 Å². The van der Waals surface area contributed by atoms with E-state index in [0.717, 1.165) is 28.1 Å². The lowest BCUT2D eigenvalue weighted by Crippen LogP contribution is -2.12. The molecular weight excluding hydrogens is 296 g/mol. The molecule has 7 heteroatoms. The molecule has 23 heavy (non-hydrogen) atoms. The smallest absolute Gasteiger partial charge is 0.327 e. The Morgan fingerprint density at radius 1 is 1.35 bits per heavy atom. The molecule has 0 atom stereocenters. The third-order valence-corrected chi connectivity index (χ3v) is 3.20. The summed E-state index contributed by atoms with van der Waals surface area (Å²) in [5, 5.41) is 20.4. The van der Waals surface area contributed by atoms with Crippen LogP contribution in [0.2, 0.25) is 0 Å². The summed E-state index contributed by atoms with van der Waals surface area (Å²) in [5.41, 5.74) is 2.32. The lowest BCUT2D eigenvalue weighted by molar-refractivity contribution is -0.138. The van der Waals surface area contributed by atoms with E-state index in [1.54, 1.807) is 7.11 Å². The van der Waals surface area contributed by atoms with E-state index in [4.69, 9.17) is 9.84 Å². The number of benzene rings is 1. The molecular formula is C16H22N4O3. The van der Waals surface area contributed by atoms with E-state index in [-0.39, 0.29) is 12.0 Å². The summed E-state index contributed by atoms with van der Waals surface area (Å²) in [5.74, 6) is 0.371. The van der Waals surface area contributed by atoms with E-state index >= 15 is 0 Å². The molecule has 1 N–H and O–H groups in total. The van der Waals surface area contributed by atoms with Crippen LogP contribution in [0.25, 0.3) is 0 Å². The first kappa shape index (κ1) is 16.9. The summed E-state index contributed by atoms with van der Waals surface area (Å²) < 4.78 is 5.43. The minimum atomic E-state index is -0.995. The number of carbonyl (C=O) groups is 1. The zero-order valence-electron chi connectivity index (χ0n) is 13.9. The number of aromatic nitrogens is 4. The van der Waals surface area contributed by atoms with Crippen molar-refractivity contribution in [3.05, 3.63) is 35.2 Å². The van der Waals surface area contributed by atoms with Gasteiger partial charge < -0.3 is 9.84 Å². The van der Waals surface area contributed by atoms with Gasteiger partial charge in [0.15, 0.2) is 12.4 Å². The van der Waals surface area contributed by atoms with E-state index in [1.165, 1.54) is 0 Å². The maximum absolute atomic E-state index is 10.6. The Labute approximate surface area is 135 Å². The number of carboxylic acid groups (broad SMARTS) is 1. The van der Waals surface area contributed by atoms with Crippen LogP contribution < -0.4 is 4.74 Å². The van der Waals surface area contributed by atoms with Crippen LogP contribution in [0.15, 0.2) is 18.2 Å². The van der Waals surface area contributed by atoms with Crippen molar-refractivity contribution >= 4 is 5.97 Å². The molecule has 0 fully saturated rings. The first-order valence-electron chi connectivity index (χ1n) is 7.41. The van der Waals surface area contributed by atoms with Crippen LogP contribution in [0.3, 0.4) is 0 Å². The SMILES string of the molecule is COc1ccc(Cc2nnn(CC(=O)O)n2)cc1CC(C)(C)C. The zero-order chi connectivity index (χ0) is 17.0. The number of aliphatic carboxylic acids is 1. The van der Waals surface area contributed by atoms with Crippen molar-refractivity contribution in [2.75, 3.05) is 7.11 Å². The van der Waals surface area contributed by atoms with Crippen molar-refractivity contribution in [1.29, 1.82) is 0 Å². The van der Waals surface area contributed by atoms with Crippen molar-refractivity contribution in [3.63, 3.8) is 0 Å². The Bertz CT molecular complexity index is 689. The van der Waals surface area contributed by atoms with Crippen LogP contribution in [-0.4, -0.2) is 38.4 Å². The molecule has 0 unspecified atom stereocenters. The van der Waals surface area contributed by atoms with Gasteiger partial charge in [-0.05, 0) is 34.2 Å². The standard InChI is InChI=1S/C16H22N4O3/c1-16(2,3)9-12-7-11(5-6-13(12)23-4)8-14-17-19-20(18-14)10-15(21)22/h5-7H,8-10H2,1-4H3,(H,21,22). The van der Waals surface area contributed by atoms with Gasteiger partial charge in [0.25, 0.3) is 0 Å². The van der Waals surface area contributed by atoms with E-state index in [2.05, 4.69) is 42.2 Å². The van der Waals surface area contributed by atoms with E-state index in [9.17, 15) is 4.79 Å². The van der Waals surface area contributed by atoms with Crippen molar-refractivity contribution in [1.82, 2.24) is 20.2 Å². The first-order valence-corrected chi connectivity index (χ1v) is 7.41. The highest BCUT2D eigenvalue weighted by Gasteiger charge is 2.16. The quantitative estimate of drug-likeness (QED) is 0.875. The molecule has 0 radical (unpaired) electrons. The van der Waals surface area contributed by atoms with Crippen molar-refractivity contribution in [2.45, 2.75) is 40.2 Å². The fraction of sp³-hybridized carbons (Fsp3) is 0.500. The van der Waals surface area contributed by atoms with Gasteiger partial charge in [0.05, 0.1) is 7.11 Å². The summed E-state index contributed by atoms with van der Waals surface area (Å²) in [6.45, 7) is 6.25. The largest absolute Gasteiger partial charge is 0.496 e. The number of ether oxygens (including phenoxy) is 1. The molecule has 0 saturated carbocycles. The third-order valence-electron chi connectivity index (χ3n) is 3.20. The molecule has 0 spiro atoms. The van der Waals surface area contributed by atoms with Crippen LogP contribution in [-0.2, 0) is 24.2 Å². The lowest BCUT2D eigenvalue weighted by Gasteiger charge is -2.20. The lowest BCUT2D eigenvalue weighted by atomic mass is 9.87. The molecule has 0 aliphatic rings. The van der Waals surface area contributed by atoms with Gasteiger partial charge >= 0.3 is 5.97 Å². The molecule has 124 valence electrons. The first-order chi connectivity index (χ1) is 10.8. The van der Waals surface area contributed by atoms with Crippen molar-refractivity contribution in [3.8, 4) is 5.75 Å². The second kappa shape index (κ2) is 6.76. The Hall–Kier alpha value is -2.44. The Morgan fingerprint density at radius 3 is 2.70 bits per heavy atom. The van der Waals surface area contributed by atoms with Crippen LogP contribution >= 0.6 is 0 Å². The number of methoxy groups -OCH3 is 1. The summed E-state index contributed by atoms with van der Waals surface area (Å²) in [4.78, 5) is 11.7. The number of hydrogen-bond donors (Lipinski definition) is 1. The average molecular weight is 318 g/mol. The van der Waals surface area contributed by atoms with Crippen LogP contribution in [0.4, 0.5) is 0 Å². The van der Waals surface area contributed by atoms with Gasteiger partial charge in [-0.25, -0.2) is 0 Å². The van der Waals surface area contributed by atoms with Gasteiger partial charge in [-0.2, -0.15) is 4.80 Å². The van der Waals surface area contributed by atoms with E-state index in [0.29, 0.717) is 12.2 Å². The maximum atomic E-state index is 10.6. The normalized spacial score (nSPS) is 11.5. The maximum Gasteiger partial charge on any atom is 0.327 e. The third kappa shape index (κ3) is 5.05. The van der Waals surface area contributed by atoms with Gasteiger partial charge in [0.2, 0.25) is 0 Å². The predicted molar refractivity (Wildman–Crippen MR) is 84.4 cm³/mol. The number of hydrogen-bond acceptors (Lipinski definition) is 5. The minimum absolute atomic E-state index is 0.148. The van der Waals surface area contributed by atoms with E-state index < -0.39 is 5.97 Å². The summed E-state index contributed by atoms with van der Waals surface area (Å²) in [6.07, 6.45) is 1.39. The van der Waals surface area contributed by atoms with Crippen LogP contribution in [0.5, 0.6) is 5.75 Å². The Balaban J connectivity index is 2.18. The molecule has 7 nitrogen and oxygen atoms in total. The molecule has 0 saturated heterocycles. The van der Waals surface area contributed by atoms with Crippen LogP contribution in [0.1, 0.15) is 37.7 Å². The second-order valence-electron chi connectivity index (χ2n) is 6.69. The van der Waals surface area contributed by atoms with Crippen LogP contribution in [0, 0.1) is 5.41 Å². The predicted octanol–water partition coefficient (Wildman–Crippen LogP) is 1.95. The van der Waals surface area contributed by atoms with Crippen molar-refractivity contribution < 1.29 is 14.6 Å². The van der Waals surface area contributed by atoms with E-state index in [1.807, 2.05) is 12.1 Å². The molecule has 0 aliphatic heterocycles. The fourth-order valence-electron chi connectivity index (χ4n) is 2.37. The molecule has 2 rings (SSSR count). The van der Waals surface area contributed by atoms with Crippen molar-refractivity contribution in [2.24, 2.45) is 5.41 Å². The Morgan fingerprint density at radius 2 is 2.09 bits per heavy atom. The zero-order valence-corrected chi connectivity index (χ0v) is 13.9. The summed E-state index contributed by atoms with van der Waals surface area (Å²) in [7, 11) is 1.67. The molecule has 0 bridgehead atoms. The minimum Gasteiger partial charge on any atom is -0.496 e. The highest BCUT2D eigenvalue weighted by molar-refractivity contribution is 5.66. The van der Waals surface area contributed by atoms with Gasteiger partial charge in [-0.1, -0.05) is 32.9 Å². The fourth-order valence-corrected chi connectivity index (χ4v) is 2.37. The number of rotatable bonds is 6. The Kier molecular flexibility index (Phi) is 4.98. The second-order valence-corrected chi connectivity index (χ2v) is 6.69. The molecule has 1 aromatic heterocycles. The highest BCUT2D eigenvalue weighted by Crippen LogP contribution is 2.28. The topological polar surface area (TPSA) is 90.1 Å². The summed E-state index contributed by atoms with van der Waals surface area (Å²) in [6, 6.07) is 5.99. The number of tetrazole rings is 1. The highest BCUT2D eigenvalue weighted by atomic mass is 16.5. The molecule has 0 aliphatic carbocycles.